The highest BCUT2D eigenvalue weighted by Crippen LogP contribution is 2.06. The highest BCUT2D eigenvalue weighted by Gasteiger charge is 2.06. The largest absolute Gasteiger partial charge is 0.269 e. The van der Waals surface area contributed by atoms with E-state index in [9.17, 15) is 9.59 Å². The lowest BCUT2D eigenvalue weighted by atomic mass is 10.1. The van der Waals surface area contributed by atoms with Gasteiger partial charge in [-0.2, -0.15) is 5.10 Å². The second-order valence-corrected chi connectivity index (χ2v) is 6.28. The fourth-order valence-electron chi connectivity index (χ4n) is 2.62. The Balaban J connectivity index is 1.49. The van der Waals surface area contributed by atoms with Crippen molar-refractivity contribution in [2.75, 3.05) is 0 Å². The number of carbonyl (C=O) groups excluding carboxylic acids is 2. The number of amides is 2. The monoisotopic (exact) mass is 374 g/mol. The molecule has 3 aromatic rings. The number of carbonyl (C=O) groups is 2. The van der Waals surface area contributed by atoms with Crippen LogP contribution in [0.15, 0.2) is 73.1 Å². The molecule has 0 unspecified atom stereocenters. The Morgan fingerprint density at radius 3 is 2.46 bits per heavy atom. The van der Waals surface area contributed by atoms with Crippen LogP contribution in [0.5, 0.6) is 0 Å². The lowest BCUT2D eigenvalue weighted by molar-refractivity contribution is -0.117. The van der Waals surface area contributed by atoms with Crippen LogP contribution < -0.4 is 10.9 Å². The van der Waals surface area contributed by atoms with Crippen molar-refractivity contribution in [3.05, 3.63) is 95.3 Å². The Morgan fingerprint density at radius 2 is 1.75 bits per heavy atom. The van der Waals surface area contributed by atoms with E-state index in [1.807, 2.05) is 55.6 Å². The fraction of sp³-hybridized carbons (Fsp3) is 0.136. The van der Waals surface area contributed by atoms with Gasteiger partial charge in [-0.1, -0.05) is 49.4 Å². The first-order valence-electron chi connectivity index (χ1n) is 9.08. The van der Waals surface area contributed by atoms with Gasteiger partial charge in [-0.25, -0.2) is 0 Å². The van der Waals surface area contributed by atoms with Gasteiger partial charge in [0.1, 0.15) is 0 Å². The molecule has 142 valence electrons. The average Bonchev–Trinajstić information content (AvgIpc) is 3.18. The van der Waals surface area contributed by atoms with E-state index >= 15 is 0 Å². The zero-order valence-corrected chi connectivity index (χ0v) is 15.6. The first kappa shape index (κ1) is 19.1. The van der Waals surface area contributed by atoms with Crippen LogP contribution in [0.2, 0.25) is 0 Å². The Bertz CT molecular complexity index is 960. The molecule has 0 spiro atoms. The van der Waals surface area contributed by atoms with Crippen LogP contribution in [0.25, 0.3) is 6.08 Å². The summed E-state index contributed by atoms with van der Waals surface area (Å²) >= 11 is 0. The molecule has 0 aliphatic rings. The molecule has 0 fully saturated rings. The third-order valence-corrected chi connectivity index (χ3v) is 4.19. The Labute approximate surface area is 163 Å². The molecule has 0 bridgehead atoms. The first-order chi connectivity index (χ1) is 13.6. The number of hydrogen-bond acceptors (Lipinski definition) is 3. The highest BCUT2D eigenvalue weighted by molar-refractivity contribution is 5.97. The summed E-state index contributed by atoms with van der Waals surface area (Å²) in [5.74, 6) is -0.783. The summed E-state index contributed by atoms with van der Waals surface area (Å²) < 4.78 is 1.80. The third kappa shape index (κ3) is 5.41. The van der Waals surface area contributed by atoms with Crippen LogP contribution in [0.3, 0.4) is 0 Å². The Morgan fingerprint density at radius 1 is 1.00 bits per heavy atom. The molecule has 0 saturated carbocycles. The molecule has 0 atom stereocenters. The van der Waals surface area contributed by atoms with Gasteiger partial charge in [-0.05, 0) is 35.8 Å². The maximum absolute atomic E-state index is 12.0. The number of rotatable bonds is 6. The quantitative estimate of drug-likeness (QED) is 0.514. The minimum Gasteiger partial charge on any atom is -0.268 e. The van der Waals surface area contributed by atoms with Crippen molar-refractivity contribution in [3.8, 4) is 0 Å². The van der Waals surface area contributed by atoms with Gasteiger partial charge in [0.25, 0.3) is 11.8 Å². The summed E-state index contributed by atoms with van der Waals surface area (Å²) in [5, 5.41) is 4.28. The number of aryl methyl sites for hydroxylation is 1. The maximum Gasteiger partial charge on any atom is 0.269 e. The number of hydrazine groups is 1. The van der Waals surface area contributed by atoms with Gasteiger partial charge in [0.2, 0.25) is 0 Å². The van der Waals surface area contributed by atoms with Crippen molar-refractivity contribution in [2.45, 2.75) is 19.9 Å². The van der Waals surface area contributed by atoms with Crippen LogP contribution in [-0.2, 0) is 17.8 Å². The number of benzene rings is 2. The predicted molar refractivity (Wildman–Crippen MR) is 108 cm³/mol. The Kier molecular flexibility index (Phi) is 6.36. The van der Waals surface area contributed by atoms with Gasteiger partial charge in [0.05, 0.1) is 12.7 Å². The smallest absolute Gasteiger partial charge is 0.268 e. The van der Waals surface area contributed by atoms with Gasteiger partial charge < -0.3 is 0 Å². The lowest BCUT2D eigenvalue weighted by Gasteiger charge is -2.05. The zero-order valence-electron chi connectivity index (χ0n) is 15.6. The van der Waals surface area contributed by atoms with Crippen LogP contribution in [0.4, 0.5) is 0 Å². The maximum atomic E-state index is 12.0. The van der Waals surface area contributed by atoms with Gasteiger partial charge in [0, 0.05) is 23.4 Å². The first-order valence-corrected chi connectivity index (χ1v) is 9.08. The topological polar surface area (TPSA) is 76.0 Å². The SMILES string of the molecule is CCc1ccc(C(=O)NNC(=O)/C=C/c2cnn(Cc3ccccc3)c2)cc1. The van der Waals surface area contributed by atoms with E-state index in [4.69, 9.17) is 0 Å². The van der Waals surface area contributed by atoms with Crippen LogP contribution >= 0.6 is 0 Å². The molecule has 0 radical (unpaired) electrons. The second kappa shape index (κ2) is 9.32. The van der Waals surface area contributed by atoms with E-state index in [1.54, 1.807) is 29.1 Å². The number of nitrogens with zero attached hydrogens (tertiary/aromatic N) is 2. The standard InChI is InChI=1S/C22H22N4O2/c1-2-17-8-11-20(12-9-17)22(28)25-24-21(27)13-10-19-14-23-26(16-19)15-18-6-4-3-5-7-18/h3-14,16H,2,15H2,1H3,(H,24,27)(H,25,28)/b13-10+. The van der Waals surface area contributed by atoms with E-state index in [1.165, 1.54) is 6.08 Å². The molecule has 28 heavy (non-hydrogen) atoms. The van der Waals surface area contributed by atoms with E-state index in [0.717, 1.165) is 23.1 Å². The molecule has 6 heteroatoms. The van der Waals surface area contributed by atoms with Gasteiger partial charge >= 0.3 is 0 Å². The highest BCUT2D eigenvalue weighted by atomic mass is 16.2. The summed E-state index contributed by atoms with van der Waals surface area (Å²) in [4.78, 5) is 23.9. The number of hydrogen-bond donors (Lipinski definition) is 2. The molecule has 0 saturated heterocycles. The van der Waals surface area contributed by atoms with Crippen molar-refractivity contribution < 1.29 is 9.59 Å². The Hall–Kier alpha value is -3.67. The molecule has 2 N–H and O–H groups in total. The van der Waals surface area contributed by atoms with E-state index in [0.29, 0.717) is 12.1 Å². The molecule has 0 aliphatic carbocycles. The summed E-state index contributed by atoms with van der Waals surface area (Å²) in [6.45, 7) is 2.71. The number of aromatic nitrogens is 2. The molecule has 0 aliphatic heterocycles. The van der Waals surface area contributed by atoms with E-state index in [-0.39, 0.29) is 5.91 Å². The molecular formula is C22H22N4O2. The normalized spacial score (nSPS) is 10.8. The van der Waals surface area contributed by atoms with Crippen molar-refractivity contribution in [1.29, 1.82) is 0 Å². The van der Waals surface area contributed by atoms with Gasteiger partial charge in [0.15, 0.2) is 0 Å². The second-order valence-electron chi connectivity index (χ2n) is 6.28. The molecule has 2 amide bonds. The third-order valence-electron chi connectivity index (χ3n) is 4.19. The summed E-state index contributed by atoms with van der Waals surface area (Å²) in [7, 11) is 0. The summed E-state index contributed by atoms with van der Waals surface area (Å²) in [5.41, 5.74) is 8.36. The van der Waals surface area contributed by atoms with Crippen molar-refractivity contribution >= 4 is 17.9 Å². The summed E-state index contributed by atoms with van der Waals surface area (Å²) in [6, 6.07) is 17.2. The molecular weight excluding hydrogens is 352 g/mol. The van der Waals surface area contributed by atoms with E-state index in [2.05, 4.69) is 16.0 Å². The molecule has 1 aromatic heterocycles. The average molecular weight is 374 g/mol. The molecule has 6 nitrogen and oxygen atoms in total. The lowest BCUT2D eigenvalue weighted by Crippen LogP contribution is -2.40. The van der Waals surface area contributed by atoms with Crippen LogP contribution in [0, 0.1) is 0 Å². The summed E-state index contributed by atoms with van der Waals surface area (Å²) in [6.07, 6.45) is 7.44. The predicted octanol–water partition coefficient (Wildman–Crippen LogP) is 2.97. The van der Waals surface area contributed by atoms with Gasteiger partial charge in [-0.3, -0.25) is 25.1 Å². The van der Waals surface area contributed by atoms with Crippen molar-refractivity contribution in [2.24, 2.45) is 0 Å². The fourth-order valence-corrected chi connectivity index (χ4v) is 2.62. The molecule has 2 aromatic carbocycles. The van der Waals surface area contributed by atoms with Gasteiger partial charge in [-0.15, -0.1) is 0 Å². The zero-order chi connectivity index (χ0) is 19.8. The number of nitrogens with one attached hydrogen (secondary N) is 2. The van der Waals surface area contributed by atoms with Crippen molar-refractivity contribution in [1.82, 2.24) is 20.6 Å². The van der Waals surface area contributed by atoms with Crippen LogP contribution in [0.1, 0.15) is 34.0 Å². The molecule has 1 heterocycles. The minimum atomic E-state index is -0.422. The minimum absolute atomic E-state index is 0.361. The van der Waals surface area contributed by atoms with E-state index < -0.39 is 5.91 Å². The molecule has 3 rings (SSSR count). The van der Waals surface area contributed by atoms with Crippen molar-refractivity contribution in [3.63, 3.8) is 0 Å². The van der Waals surface area contributed by atoms with Crippen LogP contribution in [-0.4, -0.2) is 21.6 Å².